The van der Waals surface area contributed by atoms with E-state index in [1.807, 2.05) is 12.1 Å². The molecule has 0 amide bonds. The first-order chi connectivity index (χ1) is 16.2. The number of hydrogen-bond acceptors (Lipinski definition) is 6. The Labute approximate surface area is 200 Å². The molecule has 0 heterocycles. The maximum atomic E-state index is 11.6. The van der Waals surface area contributed by atoms with Gasteiger partial charge in [-0.25, -0.2) is 0 Å². The molecule has 186 valence electrons. The minimum atomic E-state index is -0.251. The van der Waals surface area contributed by atoms with Gasteiger partial charge in [-0.2, -0.15) is 0 Å². The van der Waals surface area contributed by atoms with Gasteiger partial charge in [0, 0.05) is 36.8 Å². The summed E-state index contributed by atoms with van der Waals surface area (Å²) in [6.45, 7) is 5.06. The van der Waals surface area contributed by atoms with E-state index in [1.54, 1.807) is 6.07 Å². The lowest BCUT2D eigenvalue weighted by Crippen LogP contribution is -2.33. The molecule has 3 rings (SSSR count). The third-order valence-electron chi connectivity index (χ3n) is 7.13. The maximum absolute atomic E-state index is 11.6. The Morgan fingerprint density at radius 2 is 1.30 bits per heavy atom. The second-order valence-corrected chi connectivity index (χ2v) is 9.86. The standard InChI is InChI=1S/C26H45N5O2/c32-31(33)26-19-22(20-27-15-7-17-29-24-9-3-1-4-10-24)13-14-23(26)21-28-16-8-18-30-25-11-5-2-6-12-25/h13-14,19,24-25,27-30H,1-12,15-18,20-21H2. The number of nitrogens with one attached hydrogen (secondary N) is 4. The molecule has 0 unspecified atom stereocenters. The van der Waals surface area contributed by atoms with Crippen LogP contribution in [0.2, 0.25) is 0 Å². The maximum Gasteiger partial charge on any atom is 0.274 e. The summed E-state index contributed by atoms with van der Waals surface area (Å²) in [5, 5.41) is 25.7. The lowest BCUT2D eigenvalue weighted by molar-refractivity contribution is -0.385. The van der Waals surface area contributed by atoms with Crippen LogP contribution in [0.5, 0.6) is 0 Å². The molecule has 2 aliphatic carbocycles. The Morgan fingerprint density at radius 1 is 0.758 bits per heavy atom. The minimum Gasteiger partial charge on any atom is -0.314 e. The molecule has 7 heteroatoms. The second-order valence-electron chi connectivity index (χ2n) is 9.86. The Morgan fingerprint density at radius 3 is 1.85 bits per heavy atom. The van der Waals surface area contributed by atoms with Crippen molar-refractivity contribution >= 4 is 5.69 Å². The zero-order chi connectivity index (χ0) is 23.1. The molecular formula is C26H45N5O2. The Balaban J connectivity index is 1.29. The first kappa shape index (κ1) is 26.1. The molecule has 0 aromatic heterocycles. The molecule has 2 saturated carbocycles. The van der Waals surface area contributed by atoms with Crippen LogP contribution in [0.1, 0.15) is 88.2 Å². The number of nitrogens with zero attached hydrogens (tertiary/aromatic N) is 1. The molecule has 1 aromatic rings. The summed E-state index contributed by atoms with van der Waals surface area (Å²) in [7, 11) is 0. The highest BCUT2D eigenvalue weighted by Crippen LogP contribution is 2.21. The fraction of sp³-hybridized carbons (Fsp3) is 0.769. The quantitative estimate of drug-likeness (QED) is 0.177. The average molecular weight is 460 g/mol. The van der Waals surface area contributed by atoms with Gasteiger partial charge in [0.05, 0.1) is 4.92 Å². The lowest BCUT2D eigenvalue weighted by atomic mass is 9.95. The zero-order valence-electron chi connectivity index (χ0n) is 20.4. The Hall–Kier alpha value is -1.54. The van der Waals surface area contributed by atoms with E-state index in [1.165, 1.54) is 64.2 Å². The third kappa shape index (κ3) is 10.1. The van der Waals surface area contributed by atoms with E-state index in [-0.39, 0.29) is 10.6 Å². The molecule has 2 fully saturated rings. The molecule has 0 bridgehead atoms. The summed E-state index contributed by atoms with van der Waals surface area (Å²) in [4.78, 5) is 11.3. The Kier molecular flexibility index (Phi) is 12.2. The highest BCUT2D eigenvalue weighted by molar-refractivity contribution is 5.43. The van der Waals surface area contributed by atoms with Crippen molar-refractivity contribution in [1.29, 1.82) is 0 Å². The van der Waals surface area contributed by atoms with Gasteiger partial charge in [0.15, 0.2) is 0 Å². The van der Waals surface area contributed by atoms with Crippen LogP contribution in [-0.4, -0.2) is 43.2 Å². The van der Waals surface area contributed by atoms with E-state index in [2.05, 4.69) is 21.3 Å². The van der Waals surface area contributed by atoms with Crippen molar-refractivity contribution in [1.82, 2.24) is 21.3 Å². The molecule has 0 radical (unpaired) electrons. The molecule has 4 N–H and O–H groups in total. The van der Waals surface area contributed by atoms with Crippen LogP contribution in [0.4, 0.5) is 5.69 Å². The van der Waals surface area contributed by atoms with E-state index in [0.717, 1.165) is 50.1 Å². The lowest BCUT2D eigenvalue weighted by Gasteiger charge is -2.22. The molecule has 33 heavy (non-hydrogen) atoms. The number of nitro groups is 1. The third-order valence-corrected chi connectivity index (χ3v) is 7.13. The summed E-state index contributed by atoms with van der Waals surface area (Å²) >= 11 is 0. The molecule has 0 aliphatic heterocycles. The van der Waals surface area contributed by atoms with Crippen molar-refractivity contribution in [3.8, 4) is 0 Å². The van der Waals surface area contributed by atoms with Gasteiger partial charge < -0.3 is 21.3 Å². The summed E-state index contributed by atoms with van der Waals surface area (Å²) in [5.74, 6) is 0. The highest BCUT2D eigenvalue weighted by atomic mass is 16.6. The van der Waals surface area contributed by atoms with Crippen molar-refractivity contribution in [2.45, 2.75) is 102 Å². The smallest absolute Gasteiger partial charge is 0.274 e. The SMILES string of the molecule is O=[N+]([O-])c1cc(CNCCCNC2CCCCC2)ccc1CNCCCNC1CCCCC1. The largest absolute Gasteiger partial charge is 0.314 e. The normalized spacial score (nSPS) is 17.9. The second kappa shape index (κ2) is 15.4. The van der Waals surface area contributed by atoms with Gasteiger partial charge in [-0.3, -0.25) is 10.1 Å². The topological polar surface area (TPSA) is 91.3 Å². The van der Waals surface area contributed by atoms with E-state index >= 15 is 0 Å². The molecule has 0 saturated heterocycles. The van der Waals surface area contributed by atoms with E-state index in [4.69, 9.17) is 0 Å². The van der Waals surface area contributed by atoms with Crippen molar-refractivity contribution < 1.29 is 4.92 Å². The molecule has 7 nitrogen and oxygen atoms in total. The summed E-state index contributed by atoms with van der Waals surface area (Å²) in [5.41, 5.74) is 1.96. The number of nitro benzene ring substituents is 1. The average Bonchev–Trinajstić information content (AvgIpc) is 2.85. The van der Waals surface area contributed by atoms with E-state index < -0.39 is 0 Å². The van der Waals surface area contributed by atoms with Gasteiger partial charge in [0.1, 0.15) is 0 Å². The van der Waals surface area contributed by atoms with Crippen LogP contribution < -0.4 is 21.3 Å². The van der Waals surface area contributed by atoms with Crippen LogP contribution in [0, 0.1) is 10.1 Å². The Bertz CT molecular complexity index is 687. The molecule has 2 aliphatic rings. The van der Waals surface area contributed by atoms with Crippen LogP contribution in [0.15, 0.2) is 18.2 Å². The molecule has 1 aromatic carbocycles. The van der Waals surface area contributed by atoms with Gasteiger partial charge in [-0.1, -0.05) is 50.7 Å². The van der Waals surface area contributed by atoms with Gasteiger partial charge in [-0.15, -0.1) is 0 Å². The minimum absolute atomic E-state index is 0.223. The van der Waals surface area contributed by atoms with E-state index in [0.29, 0.717) is 25.2 Å². The van der Waals surface area contributed by atoms with Crippen LogP contribution >= 0.6 is 0 Å². The number of hydrogen-bond donors (Lipinski definition) is 4. The fourth-order valence-corrected chi connectivity index (χ4v) is 5.15. The van der Waals surface area contributed by atoms with Gasteiger partial charge in [0.2, 0.25) is 0 Å². The summed E-state index contributed by atoms with van der Waals surface area (Å²) < 4.78 is 0. The first-order valence-corrected chi connectivity index (χ1v) is 13.4. The van der Waals surface area contributed by atoms with Gasteiger partial charge in [-0.05, 0) is 70.3 Å². The van der Waals surface area contributed by atoms with Crippen molar-refractivity contribution in [3.05, 3.63) is 39.4 Å². The molecule has 0 spiro atoms. The summed E-state index contributed by atoms with van der Waals surface area (Å²) in [6.07, 6.45) is 15.5. The monoisotopic (exact) mass is 459 g/mol. The predicted molar refractivity (Wildman–Crippen MR) is 135 cm³/mol. The predicted octanol–water partition coefficient (Wildman–Crippen LogP) is 4.40. The van der Waals surface area contributed by atoms with Crippen LogP contribution in [-0.2, 0) is 13.1 Å². The summed E-state index contributed by atoms with van der Waals surface area (Å²) in [6, 6.07) is 7.05. The zero-order valence-corrected chi connectivity index (χ0v) is 20.4. The van der Waals surface area contributed by atoms with Crippen LogP contribution in [0.3, 0.4) is 0 Å². The molecular weight excluding hydrogens is 414 g/mol. The number of rotatable bonds is 15. The fourth-order valence-electron chi connectivity index (χ4n) is 5.15. The number of benzene rings is 1. The van der Waals surface area contributed by atoms with Crippen molar-refractivity contribution in [2.24, 2.45) is 0 Å². The van der Waals surface area contributed by atoms with Crippen molar-refractivity contribution in [3.63, 3.8) is 0 Å². The van der Waals surface area contributed by atoms with E-state index in [9.17, 15) is 10.1 Å². The van der Waals surface area contributed by atoms with Crippen LogP contribution in [0.25, 0.3) is 0 Å². The van der Waals surface area contributed by atoms with Gasteiger partial charge in [0.25, 0.3) is 5.69 Å². The molecule has 0 atom stereocenters. The van der Waals surface area contributed by atoms with Crippen molar-refractivity contribution in [2.75, 3.05) is 26.2 Å². The highest BCUT2D eigenvalue weighted by Gasteiger charge is 2.15. The van der Waals surface area contributed by atoms with Gasteiger partial charge >= 0.3 is 0 Å². The first-order valence-electron chi connectivity index (χ1n) is 13.4.